The fraction of sp³-hybridized carbons (Fsp3) is 0.700. The standard InChI is InChI=1S/C10H18N4O2/c1-10(2,3)12-5-4-6-13-7-9(11-8-13)14(15)16/h7-8,12H,4-6H2,1-3H3. The van der Waals surface area contributed by atoms with E-state index in [1.54, 1.807) is 4.57 Å². The third-order valence-corrected chi connectivity index (χ3v) is 2.06. The van der Waals surface area contributed by atoms with Gasteiger partial charge in [-0.3, -0.25) is 0 Å². The van der Waals surface area contributed by atoms with E-state index in [2.05, 4.69) is 31.1 Å². The van der Waals surface area contributed by atoms with Gasteiger partial charge in [0, 0.05) is 12.1 Å². The molecule has 90 valence electrons. The number of rotatable bonds is 5. The highest BCUT2D eigenvalue weighted by atomic mass is 16.6. The number of nitrogens with one attached hydrogen (secondary N) is 1. The van der Waals surface area contributed by atoms with Gasteiger partial charge in [-0.15, -0.1) is 0 Å². The summed E-state index contributed by atoms with van der Waals surface area (Å²) in [4.78, 5) is 13.6. The van der Waals surface area contributed by atoms with E-state index in [-0.39, 0.29) is 11.4 Å². The van der Waals surface area contributed by atoms with E-state index >= 15 is 0 Å². The first kappa shape index (κ1) is 12.6. The number of aryl methyl sites for hydroxylation is 1. The van der Waals surface area contributed by atoms with Crippen molar-refractivity contribution in [1.29, 1.82) is 0 Å². The van der Waals surface area contributed by atoms with Crippen molar-refractivity contribution in [1.82, 2.24) is 14.9 Å². The Bertz CT molecular complexity index is 354. The molecule has 0 aliphatic rings. The Kier molecular flexibility index (Phi) is 4.00. The number of hydrogen-bond donors (Lipinski definition) is 1. The zero-order valence-corrected chi connectivity index (χ0v) is 9.93. The lowest BCUT2D eigenvalue weighted by Gasteiger charge is -2.20. The van der Waals surface area contributed by atoms with Crippen molar-refractivity contribution in [2.75, 3.05) is 6.54 Å². The highest BCUT2D eigenvalue weighted by Crippen LogP contribution is 2.06. The van der Waals surface area contributed by atoms with Gasteiger partial charge in [0.25, 0.3) is 0 Å². The smallest absolute Gasteiger partial charge is 0.358 e. The Labute approximate surface area is 94.8 Å². The Morgan fingerprint density at radius 1 is 1.56 bits per heavy atom. The van der Waals surface area contributed by atoms with Crippen molar-refractivity contribution in [2.24, 2.45) is 0 Å². The molecule has 1 rings (SSSR count). The van der Waals surface area contributed by atoms with Crippen LogP contribution in [0.3, 0.4) is 0 Å². The van der Waals surface area contributed by atoms with Crippen molar-refractivity contribution >= 4 is 5.82 Å². The molecule has 0 bridgehead atoms. The van der Waals surface area contributed by atoms with Gasteiger partial charge in [-0.2, -0.15) is 0 Å². The van der Waals surface area contributed by atoms with Crippen LogP contribution in [0.5, 0.6) is 0 Å². The van der Waals surface area contributed by atoms with Gasteiger partial charge in [-0.1, -0.05) is 0 Å². The van der Waals surface area contributed by atoms with Crippen LogP contribution >= 0.6 is 0 Å². The summed E-state index contributed by atoms with van der Waals surface area (Å²) in [6.07, 6.45) is 3.87. The summed E-state index contributed by atoms with van der Waals surface area (Å²) in [5, 5.41) is 13.7. The number of imidazole rings is 1. The second-order valence-electron chi connectivity index (χ2n) is 4.76. The third-order valence-electron chi connectivity index (χ3n) is 2.06. The summed E-state index contributed by atoms with van der Waals surface area (Å²) in [6.45, 7) is 7.94. The molecule has 0 saturated heterocycles. The van der Waals surface area contributed by atoms with E-state index in [0.29, 0.717) is 0 Å². The van der Waals surface area contributed by atoms with E-state index in [9.17, 15) is 10.1 Å². The van der Waals surface area contributed by atoms with E-state index < -0.39 is 4.92 Å². The topological polar surface area (TPSA) is 73.0 Å². The molecule has 6 nitrogen and oxygen atoms in total. The predicted molar refractivity (Wildman–Crippen MR) is 61.3 cm³/mol. The predicted octanol–water partition coefficient (Wildman–Crippen LogP) is 1.57. The summed E-state index contributed by atoms with van der Waals surface area (Å²) in [5.41, 5.74) is 0.112. The largest absolute Gasteiger partial charge is 0.381 e. The molecule has 0 radical (unpaired) electrons. The fourth-order valence-electron chi connectivity index (χ4n) is 1.29. The van der Waals surface area contributed by atoms with Crippen LogP contribution in [-0.4, -0.2) is 26.6 Å². The monoisotopic (exact) mass is 226 g/mol. The summed E-state index contributed by atoms with van der Waals surface area (Å²) in [5.74, 6) is -0.0937. The molecule has 0 aromatic carbocycles. The van der Waals surface area contributed by atoms with Crippen molar-refractivity contribution in [3.8, 4) is 0 Å². The van der Waals surface area contributed by atoms with Crippen LogP contribution in [0.15, 0.2) is 12.5 Å². The Balaban J connectivity index is 2.30. The summed E-state index contributed by atoms with van der Waals surface area (Å²) in [6, 6.07) is 0. The van der Waals surface area contributed by atoms with Gasteiger partial charge >= 0.3 is 5.82 Å². The number of nitrogens with zero attached hydrogens (tertiary/aromatic N) is 3. The molecular formula is C10H18N4O2. The summed E-state index contributed by atoms with van der Waals surface area (Å²) >= 11 is 0. The molecule has 0 fully saturated rings. The minimum absolute atomic E-state index is 0.0937. The van der Waals surface area contributed by atoms with Crippen LogP contribution in [0.1, 0.15) is 27.2 Å². The molecule has 0 spiro atoms. The summed E-state index contributed by atoms with van der Waals surface area (Å²) in [7, 11) is 0. The van der Waals surface area contributed by atoms with Crippen LogP contribution in [0.25, 0.3) is 0 Å². The summed E-state index contributed by atoms with van der Waals surface area (Å²) < 4.78 is 1.74. The normalized spacial score (nSPS) is 11.7. The van der Waals surface area contributed by atoms with Gasteiger partial charge in [-0.05, 0) is 43.6 Å². The fourth-order valence-corrected chi connectivity index (χ4v) is 1.29. The highest BCUT2D eigenvalue weighted by Gasteiger charge is 2.10. The second-order valence-corrected chi connectivity index (χ2v) is 4.76. The van der Waals surface area contributed by atoms with E-state index in [1.165, 1.54) is 12.5 Å². The molecule has 0 unspecified atom stereocenters. The van der Waals surface area contributed by atoms with Crippen molar-refractivity contribution in [3.05, 3.63) is 22.6 Å². The maximum atomic E-state index is 10.4. The third kappa shape index (κ3) is 4.39. The maximum absolute atomic E-state index is 10.4. The van der Waals surface area contributed by atoms with Crippen molar-refractivity contribution in [3.63, 3.8) is 0 Å². The molecule has 16 heavy (non-hydrogen) atoms. The Hall–Kier alpha value is -1.43. The molecule has 1 aromatic heterocycles. The molecule has 0 aliphatic heterocycles. The minimum atomic E-state index is -0.482. The van der Waals surface area contributed by atoms with Crippen LogP contribution in [0, 0.1) is 10.1 Å². The van der Waals surface area contributed by atoms with Crippen LogP contribution in [0.4, 0.5) is 5.82 Å². The molecule has 0 atom stereocenters. The van der Waals surface area contributed by atoms with Gasteiger partial charge in [0.1, 0.15) is 6.20 Å². The van der Waals surface area contributed by atoms with Crippen LogP contribution in [-0.2, 0) is 6.54 Å². The first-order valence-electron chi connectivity index (χ1n) is 5.30. The Morgan fingerprint density at radius 3 is 2.75 bits per heavy atom. The van der Waals surface area contributed by atoms with Gasteiger partial charge in [0.05, 0.1) is 0 Å². The number of hydrogen-bond acceptors (Lipinski definition) is 4. The maximum Gasteiger partial charge on any atom is 0.381 e. The molecule has 0 aliphatic carbocycles. The zero-order chi connectivity index (χ0) is 12.2. The quantitative estimate of drug-likeness (QED) is 0.470. The zero-order valence-electron chi connectivity index (χ0n) is 9.93. The van der Waals surface area contributed by atoms with Gasteiger partial charge in [-0.25, -0.2) is 0 Å². The SMILES string of the molecule is CC(C)(C)NCCCn1cnc([N+](=O)[O-])c1. The second kappa shape index (κ2) is 5.07. The molecule has 1 N–H and O–H groups in total. The first-order valence-corrected chi connectivity index (χ1v) is 5.30. The lowest BCUT2D eigenvalue weighted by molar-refractivity contribution is -0.389. The minimum Gasteiger partial charge on any atom is -0.358 e. The van der Waals surface area contributed by atoms with Gasteiger partial charge in [0.15, 0.2) is 0 Å². The molecule has 1 aromatic rings. The van der Waals surface area contributed by atoms with Gasteiger partial charge in [0.2, 0.25) is 6.33 Å². The molecule has 1 heterocycles. The lowest BCUT2D eigenvalue weighted by atomic mass is 10.1. The first-order chi connectivity index (χ1) is 7.38. The Morgan fingerprint density at radius 2 is 2.25 bits per heavy atom. The molecule has 6 heteroatoms. The van der Waals surface area contributed by atoms with Gasteiger partial charge < -0.3 is 20.0 Å². The molecule has 0 saturated carbocycles. The van der Waals surface area contributed by atoms with Crippen LogP contribution in [0.2, 0.25) is 0 Å². The van der Waals surface area contributed by atoms with Crippen molar-refractivity contribution in [2.45, 2.75) is 39.3 Å². The number of aromatic nitrogens is 2. The van der Waals surface area contributed by atoms with Crippen LogP contribution < -0.4 is 5.32 Å². The van der Waals surface area contributed by atoms with E-state index in [1.807, 2.05) is 0 Å². The van der Waals surface area contributed by atoms with Crippen molar-refractivity contribution < 1.29 is 4.92 Å². The molecular weight excluding hydrogens is 208 g/mol. The molecule has 0 amide bonds. The highest BCUT2D eigenvalue weighted by molar-refractivity contribution is 5.12. The van der Waals surface area contributed by atoms with E-state index in [4.69, 9.17) is 0 Å². The average molecular weight is 226 g/mol. The average Bonchev–Trinajstić information content (AvgIpc) is 2.59. The lowest BCUT2D eigenvalue weighted by Crippen LogP contribution is -2.36. The van der Waals surface area contributed by atoms with E-state index in [0.717, 1.165) is 19.5 Å². The number of nitro groups is 1.